The van der Waals surface area contributed by atoms with Gasteiger partial charge in [-0.05, 0) is 24.6 Å². The lowest BCUT2D eigenvalue weighted by Gasteiger charge is -2.16. The van der Waals surface area contributed by atoms with Gasteiger partial charge in [0.15, 0.2) is 5.65 Å². The van der Waals surface area contributed by atoms with E-state index >= 15 is 0 Å². The zero-order valence-corrected chi connectivity index (χ0v) is 15.0. The minimum atomic E-state index is -4.58. The Morgan fingerprint density at radius 1 is 1.25 bits per heavy atom. The van der Waals surface area contributed by atoms with Crippen LogP contribution in [0.4, 0.5) is 17.6 Å². The molecule has 0 bridgehead atoms. The summed E-state index contributed by atoms with van der Waals surface area (Å²) in [4.78, 5) is 19.8. The highest BCUT2D eigenvalue weighted by atomic mass is 19.4. The molecule has 148 valence electrons. The number of fused-ring (bicyclic) bond motifs is 1. The maximum absolute atomic E-state index is 13.5. The third kappa shape index (κ3) is 4.16. The molecule has 1 atom stereocenters. The summed E-state index contributed by atoms with van der Waals surface area (Å²) >= 11 is 0. The van der Waals surface area contributed by atoms with Crippen LogP contribution in [0.15, 0.2) is 30.6 Å². The molecule has 0 aromatic carbocycles. The first-order valence-corrected chi connectivity index (χ1v) is 8.28. The molecule has 3 rings (SSSR count). The zero-order chi connectivity index (χ0) is 20.5. The number of carbonyl (C=O) groups excluding carboxylic acids is 1. The maximum Gasteiger partial charge on any atom is 0.433 e. The van der Waals surface area contributed by atoms with Gasteiger partial charge in [-0.2, -0.15) is 17.6 Å². The van der Waals surface area contributed by atoms with E-state index < -0.39 is 23.9 Å². The maximum atomic E-state index is 13.5. The van der Waals surface area contributed by atoms with E-state index in [0.717, 1.165) is 18.3 Å². The van der Waals surface area contributed by atoms with Crippen LogP contribution in [0.1, 0.15) is 35.5 Å². The van der Waals surface area contributed by atoms with Crippen LogP contribution >= 0.6 is 0 Å². The summed E-state index contributed by atoms with van der Waals surface area (Å²) in [6.45, 7) is 1.71. The second-order valence-electron chi connectivity index (χ2n) is 6.22. The molecule has 6 nitrogen and oxygen atoms in total. The number of rotatable bonds is 6. The predicted molar refractivity (Wildman–Crippen MR) is 90.0 cm³/mol. The minimum absolute atomic E-state index is 0.114. The monoisotopic (exact) mass is 396 g/mol. The number of aromatic nitrogens is 4. The quantitative estimate of drug-likeness (QED) is 0.598. The Bertz CT molecular complexity index is 1020. The normalized spacial score (nSPS) is 13.1. The molecule has 0 unspecified atom stereocenters. The molecule has 0 radical (unpaired) electrons. The second kappa shape index (κ2) is 7.63. The van der Waals surface area contributed by atoms with Crippen molar-refractivity contribution in [3.8, 4) is 0 Å². The number of nitrogens with zero attached hydrogens (tertiary/aromatic N) is 4. The van der Waals surface area contributed by atoms with Crippen molar-refractivity contribution in [2.75, 3.05) is 7.11 Å². The molecule has 3 heterocycles. The van der Waals surface area contributed by atoms with Gasteiger partial charge in [0.1, 0.15) is 11.5 Å². The fourth-order valence-electron chi connectivity index (χ4n) is 2.88. The Morgan fingerprint density at radius 3 is 2.68 bits per heavy atom. The van der Waals surface area contributed by atoms with Crippen LogP contribution < -0.4 is 0 Å². The summed E-state index contributed by atoms with van der Waals surface area (Å²) in [6.07, 6.45) is -2.98. The number of pyridine rings is 1. The van der Waals surface area contributed by atoms with Gasteiger partial charge in [-0.1, -0.05) is 0 Å². The Hall–Kier alpha value is -2.88. The van der Waals surface area contributed by atoms with Gasteiger partial charge < -0.3 is 4.74 Å². The van der Waals surface area contributed by atoms with Crippen LogP contribution in [-0.2, 0) is 28.5 Å². The molecule has 0 saturated heterocycles. The highest BCUT2D eigenvalue weighted by molar-refractivity contribution is 5.83. The number of hydrogen-bond donors (Lipinski definition) is 0. The van der Waals surface area contributed by atoms with Crippen LogP contribution in [0.2, 0.25) is 0 Å². The molecule has 28 heavy (non-hydrogen) atoms. The van der Waals surface area contributed by atoms with Crippen LogP contribution in [-0.4, -0.2) is 32.5 Å². The van der Waals surface area contributed by atoms with E-state index in [2.05, 4.69) is 15.1 Å². The number of methoxy groups -OCH3 is 1. The van der Waals surface area contributed by atoms with Crippen molar-refractivity contribution in [3.05, 3.63) is 59.1 Å². The van der Waals surface area contributed by atoms with Crippen LogP contribution in [0, 0.1) is 5.95 Å². The lowest BCUT2D eigenvalue weighted by Crippen LogP contribution is -2.15. The topological polar surface area (TPSA) is 69.4 Å². The Labute approximate surface area is 157 Å². The largest absolute Gasteiger partial charge is 0.433 e. The Kier molecular flexibility index (Phi) is 5.41. The molecule has 0 aliphatic heterocycles. The molecule has 0 spiro atoms. The van der Waals surface area contributed by atoms with Gasteiger partial charge in [-0.3, -0.25) is 9.78 Å². The predicted octanol–water partition coefficient (Wildman–Crippen LogP) is 3.34. The fraction of sp³-hybridized carbons (Fsp3) is 0.333. The number of halogens is 4. The van der Waals surface area contributed by atoms with Gasteiger partial charge in [-0.25, -0.2) is 9.50 Å². The number of hydrogen-bond acceptors (Lipinski definition) is 5. The molecule has 10 heteroatoms. The molecular formula is C18H16F4N4O2. The van der Waals surface area contributed by atoms with Crippen molar-refractivity contribution in [1.29, 1.82) is 0 Å². The van der Waals surface area contributed by atoms with Crippen molar-refractivity contribution >= 4 is 11.4 Å². The summed E-state index contributed by atoms with van der Waals surface area (Å²) in [7, 11) is 1.46. The third-order valence-corrected chi connectivity index (χ3v) is 4.21. The van der Waals surface area contributed by atoms with Gasteiger partial charge in [0.25, 0.3) is 0 Å². The third-order valence-electron chi connectivity index (χ3n) is 4.21. The Balaban J connectivity index is 1.87. The van der Waals surface area contributed by atoms with E-state index in [0.29, 0.717) is 11.3 Å². The van der Waals surface area contributed by atoms with Crippen LogP contribution in [0.3, 0.4) is 0 Å². The van der Waals surface area contributed by atoms with E-state index in [1.54, 1.807) is 6.92 Å². The molecule has 0 amide bonds. The van der Waals surface area contributed by atoms with Gasteiger partial charge in [0.05, 0.1) is 11.8 Å². The van der Waals surface area contributed by atoms with Crippen molar-refractivity contribution in [3.63, 3.8) is 0 Å². The van der Waals surface area contributed by atoms with Crippen molar-refractivity contribution in [2.45, 2.75) is 32.0 Å². The SMILES string of the molecule is CO[C@@H](C)c1c(CC(=O)Cc2ccnc(C(F)(F)F)c2)cnc2cc(F)nn12. The standard InChI is InChI=1S/C18H16F4N4O2/c1-10(28-2)17-12(9-24-16-8-15(19)25-26(16)17)7-13(27)5-11-3-4-23-14(6-11)18(20,21)22/h3-4,6,8-10H,5,7H2,1-2H3/t10-/m0/s1. The molecule has 0 fully saturated rings. The number of ketones is 1. The number of ether oxygens (including phenoxy) is 1. The lowest BCUT2D eigenvalue weighted by molar-refractivity contribution is -0.141. The van der Waals surface area contributed by atoms with Crippen LogP contribution in [0.5, 0.6) is 0 Å². The summed E-state index contributed by atoms with van der Waals surface area (Å²) in [5.74, 6) is -1.06. The first kappa shape index (κ1) is 19.9. The summed E-state index contributed by atoms with van der Waals surface area (Å²) in [5.41, 5.74) is 0.321. The molecule has 0 aliphatic carbocycles. The molecule has 0 N–H and O–H groups in total. The highest BCUT2D eigenvalue weighted by Gasteiger charge is 2.32. The molecule has 3 aromatic heterocycles. The fourth-order valence-corrected chi connectivity index (χ4v) is 2.88. The van der Waals surface area contributed by atoms with E-state index in [1.165, 1.54) is 23.9 Å². The second-order valence-corrected chi connectivity index (χ2v) is 6.22. The minimum Gasteiger partial charge on any atom is -0.375 e. The van der Waals surface area contributed by atoms with Crippen molar-refractivity contribution in [2.24, 2.45) is 0 Å². The average Bonchev–Trinajstić information content (AvgIpc) is 3.00. The summed E-state index contributed by atoms with van der Waals surface area (Å²) < 4.78 is 58.4. The van der Waals surface area contributed by atoms with Gasteiger partial charge in [0.2, 0.25) is 5.95 Å². The molecule has 3 aromatic rings. The molecule has 0 saturated carbocycles. The zero-order valence-electron chi connectivity index (χ0n) is 15.0. The highest BCUT2D eigenvalue weighted by Crippen LogP contribution is 2.28. The number of Topliss-reactive ketones (excluding diaryl/α,β-unsaturated/α-hetero) is 1. The smallest absolute Gasteiger partial charge is 0.375 e. The summed E-state index contributed by atoms with van der Waals surface area (Å²) in [5, 5.41) is 3.74. The first-order chi connectivity index (χ1) is 13.2. The Morgan fingerprint density at radius 2 is 2.00 bits per heavy atom. The van der Waals surface area contributed by atoms with Crippen LogP contribution in [0.25, 0.3) is 5.65 Å². The van der Waals surface area contributed by atoms with Gasteiger partial charge in [-0.15, -0.1) is 5.10 Å². The molecule has 0 aliphatic rings. The van der Waals surface area contributed by atoms with E-state index in [4.69, 9.17) is 4.74 Å². The van der Waals surface area contributed by atoms with Crippen molar-refractivity contribution in [1.82, 2.24) is 19.6 Å². The van der Waals surface area contributed by atoms with E-state index in [-0.39, 0.29) is 29.8 Å². The van der Waals surface area contributed by atoms with E-state index in [1.807, 2.05) is 0 Å². The lowest BCUT2D eigenvalue weighted by atomic mass is 10.0. The molecular weight excluding hydrogens is 380 g/mol. The average molecular weight is 396 g/mol. The number of carbonyl (C=O) groups is 1. The van der Waals surface area contributed by atoms with Gasteiger partial charge in [0, 0.05) is 44.0 Å². The van der Waals surface area contributed by atoms with Crippen molar-refractivity contribution < 1.29 is 27.1 Å². The van der Waals surface area contributed by atoms with E-state index in [9.17, 15) is 22.4 Å². The van der Waals surface area contributed by atoms with Gasteiger partial charge >= 0.3 is 6.18 Å². The first-order valence-electron chi connectivity index (χ1n) is 8.28. The summed E-state index contributed by atoms with van der Waals surface area (Å²) in [6, 6.07) is 3.35. The number of alkyl halides is 3.